The van der Waals surface area contributed by atoms with Crippen molar-refractivity contribution in [2.75, 3.05) is 18.1 Å². The van der Waals surface area contributed by atoms with Crippen LogP contribution in [0.4, 0.5) is 5.69 Å². The third-order valence-electron chi connectivity index (χ3n) is 2.58. The first-order chi connectivity index (χ1) is 7.63. The highest BCUT2D eigenvalue weighted by molar-refractivity contribution is 6.02. The maximum atomic E-state index is 11.6. The van der Waals surface area contributed by atoms with E-state index >= 15 is 0 Å². The van der Waals surface area contributed by atoms with Gasteiger partial charge in [-0.05, 0) is 23.8 Å². The van der Waals surface area contributed by atoms with Gasteiger partial charge in [-0.1, -0.05) is 0 Å². The monoisotopic (exact) mass is 221 g/mol. The molecule has 0 bridgehead atoms. The van der Waals surface area contributed by atoms with E-state index in [2.05, 4.69) is 0 Å². The minimum Gasteiger partial charge on any atom is -0.478 e. The van der Waals surface area contributed by atoms with Crippen molar-refractivity contribution in [2.45, 2.75) is 6.42 Å². The molecule has 0 unspecified atom stereocenters. The minimum atomic E-state index is -1.00. The maximum absolute atomic E-state index is 11.6. The molecule has 1 aromatic rings. The number of carboxylic acids is 1. The predicted molar refractivity (Wildman–Crippen MR) is 56.5 cm³/mol. The summed E-state index contributed by atoms with van der Waals surface area (Å²) in [6.45, 7) is 0.143. The summed E-state index contributed by atoms with van der Waals surface area (Å²) in [5, 5.41) is 17.6. The Morgan fingerprint density at radius 3 is 2.81 bits per heavy atom. The van der Waals surface area contributed by atoms with Gasteiger partial charge in [-0.2, -0.15) is 0 Å². The molecule has 0 aliphatic carbocycles. The molecule has 0 spiro atoms. The van der Waals surface area contributed by atoms with Crippen molar-refractivity contribution in [3.8, 4) is 0 Å². The molecule has 84 valence electrons. The highest BCUT2D eigenvalue weighted by Gasteiger charge is 2.27. The molecule has 0 radical (unpaired) electrons. The number of hydrogen-bond acceptors (Lipinski definition) is 3. The summed E-state index contributed by atoms with van der Waals surface area (Å²) in [4.78, 5) is 23.8. The highest BCUT2D eigenvalue weighted by atomic mass is 16.4. The molecule has 5 nitrogen and oxygen atoms in total. The zero-order chi connectivity index (χ0) is 11.7. The Labute approximate surface area is 91.9 Å². The molecule has 1 amide bonds. The molecule has 16 heavy (non-hydrogen) atoms. The standard InChI is InChI=1S/C11H11NO4/c13-4-3-12-9-2-1-7(11(15)16)5-8(9)6-10(12)14/h1-2,5,13H,3-4,6H2,(H,15,16). The summed E-state index contributed by atoms with van der Waals surface area (Å²) >= 11 is 0. The predicted octanol–water partition coefficient (Wildman–Crippen LogP) is 0.266. The molecule has 0 fully saturated rings. The van der Waals surface area contributed by atoms with Crippen LogP contribution in [-0.2, 0) is 11.2 Å². The van der Waals surface area contributed by atoms with E-state index in [0.29, 0.717) is 11.3 Å². The number of carbonyl (C=O) groups excluding carboxylic acids is 1. The number of amides is 1. The fourth-order valence-corrected chi connectivity index (χ4v) is 1.86. The molecular weight excluding hydrogens is 210 g/mol. The van der Waals surface area contributed by atoms with Crippen LogP contribution in [0.2, 0.25) is 0 Å². The van der Waals surface area contributed by atoms with E-state index in [1.807, 2.05) is 0 Å². The first kappa shape index (κ1) is 10.6. The van der Waals surface area contributed by atoms with E-state index in [1.165, 1.54) is 17.0 Å². The number of nitrogens with zero attached hydrogens (tertiary/aromatic N) is 1. The number of fused-ring (bicyclic) bond motifs is 1. The van der Waals surface area contributed by atoms with Gasteiger partial charge >= 0.3 is 5.97 Å². The molecule has 1 aromatic carbocycles. The number of carboxylic acid groups (broad SMARTS) is 1. The van der Waals surface area contributed by atoms with Crippen molar-refractivity contribution in [2.24, 2.45) is 0 Å². The fourth-order valence-electron chi connectivity index (χ4n) is 1.86. The van der Waals surface area contributed by atoms with Gasteiger partial charge in [-0.15, -0.1) is 0 Å². The zero-order valence-electron chi connectivity index (χ0n) is 8.51. The molecule has 2 rings (SSSR count). The topological polar surface area (TPSA) is 77.8 Å². The van der Waals surface area contributed by atoms with Crippen molar-refractivity contribution in [1.82, 2.24) is 0 Å². The van der Waals surface area contributed by atoms with Gasteiger partial charge in [0.15, 0.2) is 0 Å². The van der Waals surface area contributed by atoms with Gasteiger partial charge in [-0.3, -0.25) is 4.79 Å². The summed E-state index contributed by atoms with van der Waals surface area (Å²) in [5.74, 6) is -1.11. The largest absolute Gasteiger partial charge is 0.478 e. The Morgan fingerprint density at radius 1 is 1.44 bits per heavy atom. The fraction of sp³-hybridized carbons (Fsp3) is 0.273. The van der Waals surface area contributed by atoms with E-state index < -0.39 is 5.97 Å². The second-order valence-corrected chi connectivity index (χ2v) is 3.59. The number of aliphatic hydroxyl groups is 1. The Kier molecular flexibility index (Phi) is 2.62. The lowest BCUT2D eigenvalue weighted by Crippen LogP contribution is -2.29. The van der Waals surface area contributed by atoms with Gasteiger partial charge < -0.3 is 15.1 Å². The van der Waals surface area contributed by atoms with Gasteiger partial charge in [0, 0.05) is 12.2 Å². The lowest BCUT2D eigenvalue weighted by molar-refractivity contribution is -0.117. The van der Waals surface area contributed by atoms with Crippen molar-refractivity contribution in [1.29, 1.82) is 0 Å². The number of aliphatic hydroxyl groups excluding tert-OH is 1. The van der Waals surface area contributed by atoms with Crippen LogP contribution in [0.15, 0.2) is 18.2 Å². The van der Waals surface area contributed by atoms with Gasteiger partial charge in [0.25, 0.3) is 0 Å². The van der Waals surface area contributed by atoms with E-state index in [4.69, 9.17) is 10.2 Å². The van der Waals surface area contributed by atoms with Crippen molar-refractivity contribution >= 4 is 17.6 Å². The summed E-state index contributed by atoms with van der Waals surface area (Å²) in [5.41, 5.74) is 1.58. The normalized spacial score (nSPS) is 14.1. The van der Waals surface area contributed by atoms with Gasteiger partial charge in [-0.25, -0.2) is 4.79 Å². The van der Waals surface area contributed by atoms with Crippen LogP contribution in [0.25, 0.3) is 0 Å². The molecule has 2 N–H and O–H groups in total. The highest BCUT2D eigenvalue weighted by Crippen LogP contribution is 2.29. The smallest absolute Gasteiger partial charge is 0.335 e. The Bertz CT molecular complexity index is 455. The van der Waals surface area contributed by atoms with Crippen LogP contribution in [0, 0.1) is 0 Å². The summed E-state index contributed by atoms with van der Waals surface area (Å²) in [6, 6.07) is 4.58. The summed E-state index contributed by atoms with van der Waals surface area (Å²) < 4.78 is 0. The number of carbonyl (C=O) groups is 2. The maximum Gasteiger partial charge on any atom is 0.335 e. The average molecular weight is 221 g/mol. The first-order valence-corrected chi connectivity index (χ1v) is 4.91. The van der Waals surface area contributed by atoms with Crippen LogP contribution in [0.5, 0.6) is 0 Å². The molecule has 0 saturated carbocycles. The number of rotatable bonds is 3. The van der Waals surface area contributed by atoms with Crippen LogP contribution >= 0.6 is 0 Å². The third kappa shape index (κ3) is 1.65. The van der Waals surface area contributed by atoms with E-state index in [-0.39, 0.29) is 31.0 Å². The van der Waals surface area contributed by atoms with E-state index in [9.17, 15) is 9.59 Å². The lowest BCUT2D eigenvalue weighted by atomic mass is 10.1. The molecule has 1 heterocycles. The zero-order valence-corrected chi connectivity index (χ0v) is 8.51. The van der Waals surface area contributed by atoms with Crippen molar-refractivity contribution in [3.05, 3.63) is 29.3 Å². The molecule has 1 aliphatic heterocycles. The molecule has 0 saturated heterocycles. The Balaban J connectivity index is 2.38. The second kappa shape index (κ2) is 3.94. The number of aromatic carboxylic acids is 1. The Hall–Kier alpha value is -1.88. The van der Waals surface area contributed by atoms with Gasteiger partial charge in [0.05, 0.1) is 18.6 Å². The molecule has 1 aliphatic rings. The number of hydrogen-bond donors (Lipinski definition) is 2. The van der Waals surface area contributed by atoms with Crippen LogP contribution in [0.3, 0.4) is 0 Å². The quantitative estimate of drug-likeness (QED) is 0.767. The van der Waals surface area contributed by atoms with Crippen molar-refractivity contribution < 1.29 is 19.8 Å². The number of anilines is 1. The average Bonchev–Trinajstić information content (AvgIpc) is 2.55. The van der Waals surface area contributed by atoms with Crippen LogP contribution in [-0.4, -0.2) is 35.2 Å². The third-order valence-corrected chi connectivity index (χ3v) is 2.58. The van der Waals surface area contributed by atoms with Crippen molar-refractivity contribution in [3.63, 3.8) is 0 Å². The SMILES string of the molecule is O=C(O)c1ccc2c(c1)CC(=O)N2CCO. The van der Waals surface area contributed by atoms with E-state index in [1.54, 1.807) is 6.07 Å². The molecule has 5 heteroatoms. The lowest BCUT2D eigenvalue weighted by Gasteiger charge is -2.15. The number of benzene rings is 1. The Morgan fingerprint density at radius 2 is 2.19 bits per heavy atom. The van der Waals surface area contributed by atoms with Gasteiger partial charge in [0.2, 0.25) is 5.91 Å². The first-order valence-electron chi connectivity index (χ1n) is 4.91. The molecule has 0 atom stereocenters. The van der Waals surface area contributed by atoms with Gasteiger partial charge in [0.1, 0.15) is 0 Å². The number of β-amino-alcohol motifs (C(OH)–C–C–N with tert-alkyl or cyclic N) is 1. The van der Waals surface area contributed by atoms with Crippen LogP contribution in [0.1, 0.15) is 15.9 Å². The minimum absolute atomic E-state index is 0.105. The molecular formula is C11H11NO4. The summed E-state index contributed by atoms with van der Waals surface area (Å²) in [6.07, 6.45) is 0.205. The summed E-state index contributed by atoms with van der Waals surface area (Å²) in [7, 11) is 0. The molecule has 0 aromatic heterocycles. The second-order valence-electron chi connectivity index (χ2n) is 3.59. The van der Waals surface area contributed by atoms with Crippen LogP contribution < -0.4 is 4.90 Å². The van der Waals surface area contributed by atoms with E-state index in [0.717, 1.165) is 0 Å².